The highest BCUT2D eigenvalue weighted by molar-refractivity contribution is 9.09. The smallest absolute Gasteiger partial charge is 0.372 e. The van der Waals surface area contributed by atoms with Gasteiger partial charge in [-0.15, -0.1) is 0 Å². The number of halogens is 1. The van der Waals surface area contributed by atoms with E-state index in [1.54, 1.807) is 18.3 Å². The first-order chi connectivity index (χ1) is 13.6. The predicted octanol–water partition coefficient (Wildman–Crippen LogP) is 4.73. The Bertz CT molecular complexity index is 1200. The third kappa shape index (κ3) is 4.57. The fraction of sp³-hybridized carbons (Fsp3) is 0.227. The fourth-order valence-electron chi connectivity index (χ4n) is 2.84. The van der Waals surface area contributed by atoms with E-state index < -0.39 is 11.4 Å². The SMILES string of the molecule is CCCCBr.O=c1oc(=O)n(Cc2ccc3ccccc3c2)c2ncccc12. The Morgan fingerprint density at radius 1 is 1.04 bits per heavy atom. The fourth-order valence-corrected chi connectivity index (χ4v) is 3.40. The maximum Gasteiger partial charge on any atom is 0.423 e. The quantitative estimate of drug-likeness (QED) is 0.430. The number of aromatic nitrogens is 2. The summed E-state index contributed by atoms with van der Waals surface area (Å²) in [6.07, 6.45) is 4.16. The van der Waals surface area contributed by atoms with Gasteiger partial charge in [0, 0.05) is 11.5 Å². The number of benzene rings is 2. The van der Waals surface area contributed by atoms with Crippen molar-refractivity contribution in [3.8, 4) is 0 Å². The van der Waals surface area contributed by atoms with E-state index >= 15 is 0 Å². The summed E-state index contributed by atoms with van der Waals surface area (Å²) in [7, 11) is 0. The van der Waals surface area contributed by atoms with Crippen LogP contribution in [0, 0.1) is 0 Å². The van der Waals surface area contributed by atoms with E-state index in [4.69, 9.17) is 4.42 Å². The Hall–Kier alpha value is -2.73. The van der Waals surface area contributed by atoms with Gasteiger partial charge in [0.05, 0.1) is 6.54 Å². The summed E-state index contributed by atoms with van der Waals surface area (Å²) in [4.78, 5) is 28.0. The summed E-state index contributed by atoms with van der Waals surface area (Å²) in [5, 5.41) is 3.68. The highest BCUT2D eigenvalue weighted by atomic mass is 79.9. The van der Waals surface area contributed by atoms with Gasteiger partial charge in [0.25, 0.3) is 0 Å². The normalized spacial score (nSPS) is 10.6. The molecule has 0 radical (unpaired) electrons. The molecule has 2 aromatic carbocycles. The topological polar surface area (TPSA) is 65.1 Å². The summed E-state index contributed by atoms with van der Waals surface area (Å²) in [5.74, 6) is -0.700. The molecule has 0 fully saturated rings. The molecule has 0 N–H and O–H groups in total. The van der Waals surface area contributed by atoms with Gasteiger partial charge in [0.2, 0.25) is 0 Å². The van der Waals surface area contributed by atoms with Crippen molar-refractivity contribution < 1.29 is 4.42 Å². The summed E-state index contributed by atoms with van der Waals surface area (Å²) in [6, 6.07) is 17.2. The highest BCUT2D eigenvalue weighted by Gasteiger charge is 2.10. The van der Waals surface area contributed by atoms with E-state index in [0.717, 1.165) is 21.7 Å². The van der Waals surface area contributed by atoms with Crippen LogP contribution in [0.15, 0.2) is 74.8 Å². The standard InChI is InChI=1S/C18H12N2O3.C4H9Br/c21-17-15-6-3-9-19-16(15)20(18(22)23-17)11-12-7-8-13-4-1-2-5-14(13)10-12;1-2-3-4-5/h1-10H,11H2;2-4H2,1H3. The highest BCUT2D eigenvalue weighted by Crippen LogP contribution is 2.16. The molecule has 0 bridgehead atoms. The second-order valence-corrected chi connectivity index (χ2v) is 7.13. The van der Waals surface area contributed by atoms with Gasteiger partial charge in [-0.2, -0.15) is 0 Å². The molecule has 144 valence electrons. The van der Waals surface area contributed by atoms with Crippen molar-refractivity contribution >= 4 is 37.7 Å². The van der Waals surface area contributed by atoms with Crippen molar-refractivity contribution in [2.75, 3.05) is 5.33 Å². The molecule has 0 aliphatic carbocycles. The van der Waals surface area contributed by atoms with Crippen LogP contribution < -0.4 is 11.4 Å². The maximum absolute atomic E-state index is 12.1. The molecule has 0 aliphatic heterocycles. The minimum absolute atomic E-state index is 0.293. The van der Waals surface area contributed by atoms with Crippen LogP contribution in [0.5, 0.6) is 0 Å². The van der Waals surface area contributed by atoms with Gasteiger partial charge in [0.15, 0.2) is 5.65 Å². The van der Waals surface area contributed by atoms with Crippen LogP contribution in [-0.2, 0) is 6.54 Å². The molecule has 28 heavy (non-hydrogen) atoms. The van der Waals surface area contributed by atoms with E-state index in [1.165, 1.54) is 17.4 Å². The van der Waals surface area contributed by atoms with Gasteiger partial charge >= 0.3 is 11.4 Å². The van der Waals surface area contributed by atoms with Crippen molar-refractivity contribution in [3.63, 3.8) is 0 Å². The van der Waals surface area contributed by atoms with E-state index in [-0.39, 0.29) is 0 Å². The lowest BCUT2D eigenvalue weighted by molar-refractivity contribution is 0.423. The molecule has 4 rings (SSSR count). The summed E-state index contributed by atoms with van der Waals surface area (Å²) in [6.45, 7) is 2.47. The predicted molar refractivity (Wildman–Crippen MR) is 116 cm³/mol. The van der Waals surface area contributed by atoms with E-state index in [0.29, 0.717) is 17.6 Å². The molecule has 0 saturated carbocycles. The lowest BCUT2D eigenvalue weighted by Gasteiger charge is -2.08. The van der Waals surface area contributed by atoms with E-state index in [2.05, 4.69) is 27.8 Å². The molecule has 0 saturated heterocycles. The average molecular weight is 441 g/mol. The first-order valence-electron chi connectivity index (χ1n) is 9.16. The third-order valence-corrected chi connectivity index (χ3v) is 4.87. The van der Waals surface area contributed by atoms with Crippen molar-refractivity contribution in [1.29, 1.82) is 0 Å². The zero-order valence-electron chi connectivity index (χ0n) is 15.6. The number of unbranched alkanes of at least 4 members (excludes halogenated alkanes) is 1. The van der Waals surface area contributed by atoms with Crippen LogP contribution in [0.3, 0.4) is 0 Å². The van der Waals surface area contributed by atoms with Gasteiger partial charge < -0.3 is 4.42 Å². The second-order valence-electron chi connectivity index (χ2n) is 6.34. The van der Waals surface area contributed by atoms with E-state index in [9.17, 15) is 9.59 Å². The van der Waals surface area contributed by atoms with Crippen molar-refractivity contribution in [2.24, 2.45) is 0 Å². The third-order valence-electron chi connectivity index (χ3n) is 4.30. The molecule has 6 heteroatoms. The van der Waals surface area contributed by atoms with Gasteiger partial charge in [-0.25, -0.2) is 14.6 Å². The van der Waals surface area contributed by atoms with Gasteiger partial charge in [-0.1, -0.05) is 65.7 Å². The van der Waals surface area contributed by atoms with Gasteiger partial charge in [-0.05, 0) is 41.0 Å². The maximum atomic E-state index is 12.1. The molecule has 0 spiro atoms. The number of nitrogens with zero attached hydrogens (tertiary/aromatic N) is 2. The molecule has 0 unspecified atom stereocenters. The number of hydrogen-bond donors (Lipinski definition) is 0. The number of hydrogen-bond acceptors (Lipinski definition) is 4. The van der Waals surface area contributed by atoms with Crippen molar-refractivity contribution in [3.05, 3.63) is 87.3 Å². The van der Waals surface area contributed by atoms with Crippen LogP contribution in [-0.4, -0.2) is 14.9 Å². The molecular weight excluding hydrogens is 420 g/mol. The van der Waals surface area contributed by atoms with Crippen LogP contribution in [0.4, 0.5) is 0 Å². The summed E-state index contributed by atoms with van der Waals surface area (Å²) in [5.41, 5.74) is 0.612. The number of alkyl halides is 1. The molecule has 2 heterocycles. The van der Waals surface area contributed by atoms with Crippen molar-refractivity contribution in [1.82, 2.24) is 9.55 Å². The summed E-state index contributed by atoms with van der Waals surface area (Å²) < 4.78 is 6.17. The van der Waals surface area contributed by atoms with Gasteiger partial charge in [-0.3, -0.25) is 4.57 Å². The Labute approximate surface area is 170 Å². The first kappa shape index (κ1) is 20.0. The molecule has 0 atom stereocenters. The molecule has 0 amide bonds. The Balaban J connectivity index is 0.000000403. The molecule has 5 nitrogen and oxygen atoms in total. The zero-order valence-corrected chi connectivity index (χ0v) is 17.2. The number of fused-ring (bicyclic) bond motifs is 2. The minimum Gasteiger partial charge on any atom is -0.372 e. The minimum atomic E-state index is -0.700. The zero-order chi connectivity index (χ0) is 19.9. The Kier molecular flexibility index (Phi) is 6.76. The number of pyridine rings is 1. The molecule has 4 aromatic rings. The Morgan fingerprint density at radius 3 is 2.54 bits per heavy atom. The Morgan fingerprint density at radius 2 is 1.82 bits per heavy atom. The number of rotatable bonds is 4. The van der Waals surface area contributed by atoms with Crippen LogP contribution in [0.2, 0.25) is 0 Å². The van der Waals surface area contributed by atoms with Gasteiger partial charge in [0.1, 0.15) is 5.39 Å². The second kappa shape index (κ2) is 9.46. The average Bonchev–Trinajstić information content (AvgIpc) is 2.72. The van der Waals surface area contributed by atoms with Crippen LogP contribution in [0.25, 0.3) is 21.8 Å². The van der Waals surface area contributed by atoms with Crippen LogP contribution >= 0.6 is 15.9 Å². The molecular formula is C22H21BrN2O3. The van der Waals surface area contributed by atoms with Crippen LogP contribution in [0.1, 0.15) is 25.3 Å². The lowest BCUT2D eigenvalue weighted by Crippen LogP contribution is -2.26. The largest absolute Gasteiger partial charge is 0.423 e. The molecule has 2 aromatic heterocycles. The van der Waals surface area contributed by atoms with E-state index in [1.807, 2.05) is 42.5 Å². The molecule has 0 aliphatic rings. The lowest BCUT2D eigenvalue weighted by atomic mass is 10.1. The summed E-state index contributed by atoms with van der Waals surface area (Å²) >= 11 is 3.31. The van der Waals surface area contributed by atoms with Crippen molar-refractivity contribution in [2.45, 2.75) is 26.3 Å². The monoisotopic (exact) mass is 440 g/mol. The first-order valence-corrected chi connectivity index (χ1v) is 10.3.